The minimum absolute atomic E-state index is 0.0923. The summed E-state index contributed by atoms with van der Waals surface area (Å²) in [6.45, 7) is 4.07. The predicted octanol–water partition coefficient (Wildman–Crippen LogP) is 0.133. The van der Waals surface area contributed by atoms with E-state index in [9.17, 15) is 24.0 Å². The van der Waals surface area contributed by atoms with Crippen LogP contribution < -0.4 is 5.73 Å². The van der Waals surface area contributed by atoms with Crippen molar-refractivity contribution in [3.63, 3.8) is 0 Å². The van der Waals surface area contributed by atoms with Crippen LogP contribution in [0, 0.1) is 0 Å². The first-order valence-corrected chi connectivity index (χ1v) is 10.8. The second-order valence-corrected chi connectivity index (χ2v) is 7.61. The van der Waals surface area contributed by atoms with Gasteiger partial charge < -0.3 is 29.4 Å². The first kappa shape index (κ1) is 26.3. The van der Waals surface area contributed by atoms with Crippen molar-refractivity contribution in [1.82, 2.24) is 9.78 Å². The number of nitrogens with two attached hydrogens (primary N) is 1. The molecule has 0 aliphatic carbocycles. The molecule has 1 aliphatic rings. The molecule has 2 N–H and O–H groups in total. The van der Waals surface area contributed by atoms with E-state index in [0.29, 0.717) is 5.69 Å². The van der Waals surface area contributed by atoms with Gasteiger partial charge in [-0.25, -0.2) is 4.68 Å². The molecular weight excluding hydrogens is 510 g/mol. The lowest BCUT2D eigenvalue weighted by Gasteiger charge is -2.44. The van der Waals surface area contributed by atoms with Crippen molar-refractivity contribution in [2.45, 2.75) is 63.7 Å². The molecule has 0 unspecified atom stereocenters. The number of esters is 4. The molecule has 5 atom stereocenters. The fourth-order valence-corrected chi connectivity index (χ4v) is 3.56. The molecule has 1 fully saturated rings. The zero-order valence-electron chi connectivity index (χ0n) is 18.3. The van der Waals surface area contributed by atoms with E-state index in [-0.39, 0.29) is 11.0 Å². The molecule has 2 rings (SSSR count). The lowest BCUT2D eigenvalue weighted by atomic mass is 9.97. The second-order valence-electron chi connectivity index (χ2n) is 7.05. The van der Waals surface area contributed by atoms with Crippen LogP contribution in [0.15, 0.2) is 6.07 Å². The molecule has 0 radical (unpaired) electrons. The fourth-order valence-electron chi connectivity index (χ4n) is 3.29. The summed E-state index contributed by atoms with van der Waals surface area (Å²) in [5, 5.41) is 4.51. The van der Waals surface area contributed by atoms with Crippen LogP contribution in [0.5, 0.6) is 0 Å². The van der Waals surface area contributed by atoms with Gasteiger partial charge in [-0.3, -0.25) is 24.0 Å². The molecule has 1 saturated heterocycles. The van der Waals surface area contributed by atoms with Gasteiger partial charge >= 0.3 is 23.9 Å². The quantitative estimate of drug-likeness (QED) is 0.273. The molecule has 14 heteroatoms. The Hall–Kier alpha value is -3.00. The van der Waals surface area contributed by atoms with E-state index in [1.807, 2.05) is 0 Å². The van der Waals surface area contributed by atoms with Crippen LogP contribution in [0.2, 0.25) is 0 Å². The third kappa shape index (κ3) is 6.74. The molecule has 0 saturated carbocycles. The predicted molar refractivity (Wildman–Crippen MR) is 111 cm³/mol. The average Bonchev–Trinajstić information content (AvgIpc) is 3.13. The zero-order valence-corrected chi connectivity index (χ0v) is 19.9. The summed E-state index contributed by atoms with van der Waals surface area (Å²) in [5.41, 5.74) is 5.78. The summed E-state index contributed by atoms with van der Waals surface area (Å²) in [4.78, 5) is 59.0. The third-order valence-corrected chi connectivity index (χ3v) is 4.96. The number of aromatic nitrogens is 2. The van der Waals surface area contributed by atoms with E-state index in [4.69, 9.17) is 29.4 Å². The number of carbonyl (C=O) groups excluding carboxylic acids is 5. The summed E-state index contributed by atoms with van der Waals surface area (Å²) in [6, 6.07) is 1.39. The van der Waals surface area contributed by atoms with Gasteiger partial charge in [0.15, 0.2) is 24.5 Å². The van der Waals surface area contributed by atoms with Gasteiger partial charge in [0.1, 0.15) is 18.4 Å². The Morgan fingerprint density at radius 1 is 0.970 bits per heavy atom. The highest BCUT2D eigenvalue weighted by Gasteiger charge is 2.53. The van der Waals surface area contributed by atoms with Gasteiger partial charge in [0.25, 0.3) is 5.91 Å². The molecular formula is C19H24BrN3O10. The van der Waals surface area contributed by atoms with Crippen molar-refractivity contribution < 1.29 is 47.7 Å². The van der Waals surface area contributed by atoms with Crippen LogP contribution in [0.4, 0.5) is 0 Å². The summed E-state index contributed by atoms with van der Waals surface area (Å²) in [7, 11) is 0. The Morgan fingerprint density at radius 3 is 2.00 bits per heavy atom. The van der Waals surface area contributed by atoms with Gasteiger partial charge in [0, 0.05) is 33.0 Å². The van der Waals surface area contributed by atoms with Crippen LogP contribution in [-0.2, 0) is 48.2 Å². The summed E-state index contributed by atoms with van der Waals surface area (Å²) in [6.07, 6.45) is -6.68. The molecule has 33 heavy (non-hydrogen) atoms. The number of amides is 1. The van der Waals surface area contributed by atoms with Crippen molar-refractivity contribution in [3.05, 3.63) is 17.5 Å². The number of ether oxygens (including phenoxy) is 5. The normalized spacial score (nSPS) is 24.5. The molecule has 0 bridgehead atoms. The molecule has 1 aliphatic heterocycles. The van der Waals surface area contributed by atoms with E-state index in [0.717, 1.165) is 32.4 Å². The largest absolute Gasteiger partial charge is 0.463 e. The van der Waals surface area contributed by atoms with Gasteiger partial charge in [0.05, 0.1) is 5.69 Å². The highest BCUT2D eigenvalue weighted by Crippen LogP contribution is 2.35. The van der Waals surface area contributed by atoms with Crippen LogP contribution in [0.1, 0.15) is 50.1 Å². The molecule has 1 amide bonds. The molecule has 13 nitrogen and oxygen atoms in total. The summed E-state index contributed by atoms with van der Waals surface area (Å²) < 4.78 is 28.1. The van der Waals surface area contributed by atoms with Crippen molar-refractivity contribution in [2.75, 3.05) is 6.61 Å². The number of primary amides is 1. The Labute approximate surface area is 196 Å². The van der Waals surface area contributed by atoms with Crippen molar-refractivity contribution in [2.24, 2.45) is 5.73 Å². The Bertz CT molecular complexity index is 933. The molecule has 2 heterocycles. The Morgan fingerprint density at radius 2 is 1.52 bits per heavy atom. The molecule has 0 spiro atoms. The highest BCUT2D eigenvalue weighted by molar-refractivity contribution is 9.08. The average molecular weight is 534 g/mol. The fraction of sp³-hybridized carbons (Fsp3) is 0.579. The van der Waals surface area contributed by atoms with Gasteiger partial charge in [-0.2, -0.15) is 5.10 Å². The zero-order chi connectivity index (χ0) is 24.9. The van der Waals surface area contributed by atoms with Crippen LogP contribution in [0.3, 0.4) is 0 Å². The number of alkyl halides is 1. The second kappa shape index (κ2) is 11.2. The van der Waals surface area contributed by atoms with Crippen LogP contribution >= 0.6 is 15.9 Å². The number of nitrogens with zero attached hydrogens (tertiary/aromatic N) is 2. The van der Waals surface area contributed by atoms with Gasteiger partial charge in [-0.15, -0.1) is 0 Å². The number of hydrogen-bond acceptors (Lipinski definition) is 11. The highest BCUT2D eigenvalue weighted by atomic mass is 79.9. The minimum Gasteiger partial charge on any atom is -0.463 e. The Balaban J connectivity index is 2.65. The number of halogens is 1. The topological polar surface area (TPSA) is 175 Å². The maximum atomic E-state index is 12.0. The van der Waals surface area contributed by atoms with Crippen molar-refractivity contribution in [3.8, 4) is 0 Å². The summed E-state index contributed by atoms with van der Waals surface area (Å²) >= 11 is 3.23. The van der Waals surface area contributed by atoms with Crippen molar-refractivity contribution >= 4 is 45.7 Å². The monoisotopic (exact) mass is 533 g/mol. The van der Waals surface area contributed by atoms with E-state index in [2.05, 4.69) is 21.0 Å². The minimum atomic E-state index is -1.41. The SMILES string of the molecule is CC(=O)OC[C@H]1O[C@@H](n2nc(CBr)cc2C(N)=O)[C@@H](OC(C)=O)[C@@H](OC(C)=O)[C@H]1OC(C)=O. The van der Waals surface area contributed by atoms with Crippen molar-refractivity contribution in [1.29, 1.82) is 0 Å². The molecule has 1 aromatic heterocycles. The van der Waals surface area contributed by atoms with Gasteiger partial charge in [-0.1, -0.05) is 15.9 Å². The third-order valence-electron chi connectivity index (χ3n) is 4.38. The first-order valence-electron chi connectivity index (χ1n) is 9.69. The van der Waals surface area contributed by atoms with E-state index < -0.39 is 67.0 Å². The molecule has 1 aromatic rings. The first-order chi connectivity index (χ1) is 15.4. The molecule has 0 aromatic carbocycles. The number of hydrogen-bond donors (Lipinski definition) is 1. The summed E-state index contributed by atoms with van der Waals surface area (Å²) in [5.74, 6) is -3.83. The van der Waals surface area contributed by atoms with Crippen LogP contribution in [0.25, 0.3) is 0 Å². The van der Waals surface area contributed by atoms with E-state index in [1.165, 1.54) is 6.07 Å². The lowest BCUT2D eigenvalue weighted by Crippen LogP contribution is -2.61. The van der Waals surface area contributed by atoms with Gasteiger partial charge in [0.2, 0.25) is 0 Å². The smallest absolute Gasteiger partial charge is 0.303 e. The van der Waals surface area contributed by atoms with E-state index in [1.54, 1.807) is 0 Å². The van der Waals surface area contributed by atoms with Crippen LogP contribution in [-0.4, -0.2) is 70.6 Å². The molecule has 182 valence electrons. The maximum Gasteiger partial charge on any atom is 0.303 e. The Kier molecular flexibility index (Phi) is 8.93. The maximum absolute atomic E-state index is 12.0. The van der Waals surface area contributed by atoms with E-state index >= 15 is 0 Å². The number of rotatable bonds is 8. The van der Waals surface area contributed by atoms with Gasteiger partial charge in [-0.05, 0) is 6.07 Å². The number of carbonyl (C=O) groups is 5. The lowest BCUT2D eigenvalue weighted by molar-refractivity contribution is -0.270. The standard InChI is InChI=1S/C19H24BrN3O10/c1-8(24)29-7-14-15(30-9(2)25)16(31-10(3)26)17(32-11(4)27)19(33-14)23-13(18(21)28)5-12(6-20)22-23/h5,14-17,19H,6-7H2,1-4H3,(H2,21,28)/t14-,15+,16+,17+,19-/m1/s1.